The topological polar surface area (TPSA) is 38.5 Å². The van der Waals surface area contributed by atoms with Crippen LogP contribution in [0.5, 0.6) is 5.75 Å². The second-order valence-electron chi connectivity index (χ2n) is 7.83. The molecule has 0 aromatic heterocycles. The Kier molecular flexibility index (Phi) is 8.54. The van der Waals surface area contributed by atoms with Crippen LogP contribution in [0.25, 0.3) is 10.8 Å². The number of nitrogens with two attached hydrogens (primary N) is 1. The zero-order valence-corrected chi connectivity index (χ0v) is 17.6. The van der Waals surface area contributed by atoms with Gasteiger partial charge in [-0.2, -0.15) is 0 Å². The molecule has 0 radical (unpaired) electrons. The van der Waals surface area contributed by atoms with Gasteiger partial charge >= 0.3 is 0 Å². The van der Waals surface area contributed by atoms with Gasteiger partial charge in [-0.1, -0.05) is 54.6 Å². The molecule has 0 saturated carbocycles. The molecule has 29 heavy (non-hydrogen) atoms. The van der Waals surface area contributed by atoms with E-state index in [0.29, 0.717) is 0 Å². The minimum atomic E-state index is 0.721. The molecule has 0 atom stereocenters. The molecule has 3 nitrogen and oxygen atoms in total. The lowest BCUT2D eigenvalue weighted by Crippen LogP contribution is -2.25. The van der Waals surface area contributed by atoms with Gasteiger partial charge in [0.25, 0.3) is 0 Å². The summed E-state index contributed by atoms with van der Waals surface area (Å²) < 4.78 is 5.91. The van der Waals surface area contributed by atoms with E-state index in [1.807, 2.05) is 0 Å². The number of aryl methyl sites for hydroxylation is 2. The lowest BCUT2D eigenvalue weighted by atomic mass is 10.0. The highest BCUT2D eigenvalue weighted by atomic mass is 16.5. The lowest BCUT2D eigenvalue weighted by Gasteiger charge is -2.17. The molecule has 3 aromatic carbocycles. The maximum Gasteiger partial charge on any atom is 0.119 e. The van der Waals surface area contributed by atoms with Crippen LogP contribution in [0.1, 0.15) is 30.4 Å². The molecule has 0 unspecified atom stereocenters. The molecule has 0 aliphatic carbocycles. The summed E-state index contributed by atoms with van der Waals surface area (Å²) >= 11 is 0. The molecule has 0 bridgehead atoms. The van der Waals surface area contributed by atoms with Crippen molar-refractivity contribution in [1.29, 1.82) is 0 Å². The first-order valence-electron chi connectivity index (χ1n) is 10.8. The Morgan fingerprint density at radius 2 is 1.48 bits per heavy atom. The molecule has 0 saturated heterocycles. The van der Waals surface area contributed by atoms with Gasteiger partial charge in [0.05, 0.1) is 0 Å². The van der Waals surface area contributed by atoms with Crippen LogP contribution in [-0.2, 0) is 12.8 Å². The predicted octanol–water partition coefficient (Wildman–Crippen LogP) is 5.06. The Morgan fingerprint density at radius 1 is 0.759 bits per heavy atom. The van der Waals surface area contributed by atoms with Gasteiger partial charge in [-0.05, 0) is 86.3 Å². The number of fused-ring (bicyclic) bond motifs is 1. The summed E-state index contributed by atoms with van der Waals surface area (Å²) in [4.78, 5) is 2.35. The van der Waals surface area contributed by atoms with Crippen molar-refractivity contribution in [2.75, 3.05) is 33.3 Å². The average molecular weight is 391 g/mol. The van der Waals surface area contributed by atoms with Crippen molar-refractivity contribution < 1.29 is 4.74 Å². The van der Waals surface area contributed by atoms with Crippen molar-refractivity contribution in [3.8, 4) is 5.75 Å². The SMILES string of the molecule is CN(CCCc1ccc2ccccc2c1)CCOc1ccc(CCCCN)cc1. The number of rotatable bonds is 12. The Bertz CT molecular complexity index is 860. The third-order valence-electron chi connectivity index (χ3n) is 5.40. The first-order chi connectivity index (χ1) is 14.2. The molecular formula is C26H34N2O. The van der Waals surface area contributed by atoms with Crippen molar-refractivity contribution in [3.63, 3.8) is 0 Å². The normalized spacial score (nSPS) is 11.3. The van der Waals surface area contributed by atoms with Gasteiger partial charge < -0.3 is 15.4 Å². The van der Waals surface area contributed by atoms with E-state index in [1.165, 1.54) is 21.9 Å². The van der Waals surface area contributed by atoms with E-state index in [2.05, 4.69) is 78.7 Å². The Morgan fingerprint density at radius 3 is 2.28 bits per heavy atom. The van der Waals surface area contributed by atoms with E-state index in [1.54, 1.807) is 0 Å². The number of hydrogen-bond acceptors (Lipinski definition) is 3. The Labute approximate surface area is 175 Å². The van der Waals surface area contributed by atoms with E-state index < -0.39 is 0 Å². The van der Waals surface area contributed by atoms with Crippen molar-refractivity contribution >= 4 is 10.8 Å². The molecular weight excluding hydrogens is 356 g/mol. The predicted molar refractivity (Wildman–Crippen MR) is 124 cm³/mol. The van der Waals surface area contributed by atoms with E-state index in [9.17, 15) is 0 Å². The summed E-state index contributed by atoms with van der Waals surface area (Å²) in [6.45, 7) is 3.52. The van der Waals surface area contributed by atoms with Crippen molar-refractivity contribution in [2.24, 2.45) is 5.73 Å². The number of unbranched alkanes of at least 4 members (excludes halogenated alkanes) is 1. The fraction of sp³-hybridized carbons (Fsp3) is 0.385. The zero-order valence-electron chi connectivity index (χ0n) is 17.6. The van der Waals surface area contributed by atoms with Crippen LogP contribution in [0.3, 0.4) is 0 Å². The van der Waals surface area contributed by atoms with Crippen LogP contribution in [0.15, 0.2) is 66.7 Å². The monoisotopic (exact) mass is 390 g/mol. The summed E-state index contributed by atoms with van der Waals surface area (Å²) in [6.07, 6.45) is 5.61. The quantitative estimate of drug-likeness (QED) is 0.439. The number of nitrogens with zero attached hydrogens (tertiary/aromatic N) is 1. The van der Waals surface area contributed by atoms with E-state index in [0.717, 1.165) is 64.1 Å². The molecule has 0 heterocycles. The van der Waals surface area contributed by atoms with Crippen LogP contribution >= 0.6 is 0 Å². The van der Waals surface area contributed by atoms with Gasteiger partial charge in [-0.15, -0.1) is 0 Å². The van der Waals surface area contributed by atoms with E-state index in [4.69, 9.17) is 10.5 Å². The van der Waals surface area contributed by atoms with Crippen LogP contribution in [0.4, 0.5) is 0 Å². The molecule has 3 aromatic rings. The third-order valence-corrected chi connectivity index (χ3v) is 5.40. The average Bonchev–Trinajstić information content (AvgIpc) is 2.75. The molecule has 3 heteroatoms. The lowest BCUT2D eigenvalue weighted by molar-refractivity contribution is 0.236. The van der Waals surface area contributed by atoms with Crippen LogP contribution in [0, 0.1) is 0 Å². The third kappa shape index (κ3) is 7.19. The number of benzene rings is 3. The van der Waals surface area contributed by atoms with Crippen molar-refractivity contribution in [1.82, 2.24) is 4.90 Å². The van der Waals surface area contributed by atoms with E-state index in [-0.39, 0.29) is 0 Å². The van der Waals surface area contributed by atoms with Crippen molar-refractivity contribution in [3.05, 3.63) is 77.9 Å². The van der Waals surface area contributed by atoms with Gasteiger partial charge in [-0.3, -0.25) is 0 Å². The minimum absolute atomic E-state index is 0.721. The highest BCUT2D eigenvalue weighted by Crippen LogP contribution is 2.17. The second-order valence-corrected chi connectivity index (χ2v) is 7.83. The van der Waals surface area contributed by atoms with Gasteiger partial charge in [0, 0.05) is 6.54 Å². The summed E-state index contributed by atoms with van der Waals surface area (Å²) in [6, 6.07) is 23.9. The molecule has 0 spiro atoms. The summed E-state index contributed by atoms with van der Waals surface area (Å²) in [5.41, 5.74) is 8.33. The molecule has 0 aliphatic heterocycles. The van der Waals surface area contributed by atoms with E-state index >= 15 is 0 Å². The Hall–Kier alpha value is -2.36. The fourth-order valence-corrected chi connectivity index (χ4v) is 3.60. The maximum absolute atomic E-state index is 5.91. The van der Waals surface area contributed by atoms with Crippen LogP contribution < -0.4 is 10.5 Å². The molecule has 0 aliphatic rings. The molecule has 0 fully saturated rings. The first kappa shape index (κ1) is 21.4. The molecule has 2 N–H and O–H groups in total. The fourth-order valence-electron chi connectivity index (χ4n) is 3.60. The van der Waals surface area contributed by atoms with Gasteiger partial charge in [-0.25, -0.2) is 0 Å². The van der Waals surface area contributed by atoms with Gasteiger partial charge in [0.1, 0.15) is 12.4 Å². The largest absolute Gasteiger partial charge is 0.492 e. The smallest absolute Gasteiger partial charge is 0.119 e. The molecule has 0 amide bonds. The first-order valence-corrected chi connectivity index (χ1v) is 10.8. The Balaban J connectivity index is 1.32. The number of hydrogen-bond donors (Lipinski definition) is 1. The van der Waals surface area contributed by atoms with Gasteiger partial charge in [0.2, 0.25) is 0 Å². The zero-order chi connectivity index (χ0) is 20.3. The molecule has 3 rings (SSSR count). The van der Waals surface area contributed by atoms with Gasteiger partial charge in [0.15, 0.2) is 0 Å². The highest BCUT2D eigenvalue weighted by molar-refractivity contribution is 5.82. The highest BCUT2D eigenvalue weighted by Gasteiger charge is 2.02. The molecule has 154 valence electrons. The number of ether oxygens (including phenoxy) is 1. The maximum atomic E-state index is 5.91. The minimum Gasteiger partial charge on any atom is -0.492 e. The summed E-state index contributed by atoms with van der Waals surface area (Å²) in [7, 11) is 2.17. The van der Waals surface area contributed by atoms with Crippen LogP contribution in [0.2, 0.25) is 0 Å². The summed E-state index contributed by atoms with van der Waals surface area (Å²) in [5, 5.41) is 2.64. The summed E-state index contributed by atoms with van der Waals surface area (Å²) in [5.74, 6) is 0.956. The standard InChI is InChI=1S/C26H34N2O/c1-28(18-6-8-23-11-14-24-9-2-3-10-25(24)21-23)19-20-29-26-15-12-22(13-16-26)7-4-5-17-27/h2-3,9-16,21H,4-8,17-20,27H2,1H3. The van der Waals surface area contributed by atoms with Crippen LogP contribution in [-0.4, -0.2) is 38.2 Å². The van der Waals surface area contributed by atoms with Crippen molar-refractivity contribution in [2.45, 2.75) is 32.1 Å². The number of likely N-dealkylation sites (N-methyl/N-ethyl adjacent to an activating group) is 1. The second kappa shape index (κ2) is 11.6.